The Balaban J connectivity index is 0.000000160. The van der Waals surface area contributed by atoms with E-state index < -0.39 is 0 Å². The van der Waals surface area contributed by atoms with E-state index in [4.69, 9.17) is 0 Å². The van der Waals surface area contributed by atoms with E-state index in [2.05, 4.69) is 482 Å². The van der Waals surface area contributed by atoms with Crippen molar-refractivity contribution in [3.63, 3.8) is 0 Å². The minimum absolute atomic E-state index is 0.608. The Bertz CT molecular complexity index is 8510. The summed E-state index contributed by atoms with van der Waals surface area (Å²) in [6.45, 7) is 0. The molecule has 0 aliphatic carbocycles. The van der Waals surface area contributed by atoms with Crippen molar-refractivity contribution in [3.05, 3.63) is 517 Å². The average Bonchev–Trinajstić information content (AvgIpc) is 0.713. The van der Waals surface area contributed by atoms with Crippen LogP contribution in [0.15, 0.2) is 461 Å². The number of para-hydroxylation sites is 4. The summed E-state index contributed by atoms with van der Waals surface area (Å²) < 4.78 is 0. The summed E-state index contributed by atoms with van der Waals surface area (Å²) in [7, 11) is 0. The summed E-state index contributed by atoms with van der Waals surface area (Å²) in [6, 6.07) is 167. The van der Waals surface area contributed by atoms with E-state index in [1.807, 2.05) is 48.5 Å². The Morgan fingerprint density at radius 1 is 0.149 bits per heavy atom. The Morgan fingerprint density at radius 3 is 0.575 bits per heavy atom. The lowest BCUT2D eigenvalue weighted by molar-refractivity contribution is 1.28. The van der Waals surface area contributed by atoms with Crippen LogP contribution in [0.1, 0.15) is 55.6 Å². The van der Waals surface area contributed by atoms with Gasteiger partial charge in [-0.15, -0.1) is 0 Å². The highest BCUT2D eigenvalue weighted by Gasteiger charge is 2.24. The van der Waals surface area contributed by atoms with Gasteiger partial charge in [-0.2, -0.15) is 10.5 Å². The van der Waals surface area contributed by atoms with Gasteiger partial charge in [0.15, 0.2) is 0 Å². The van der Waals surface area contributed by atoms with Gasteiger partial charge in [0, 0.05) is 78.6 Å². The van der Waals surface area contributed by atoms with Crippen LogP contribution in [0.4, 0.5) is 34.1 Å². The maximum atomic E-state index is 9.36. The van der Waals surface area contributed by atoms with Gasteiger partial charge in [-0.3, -0.25) is 0 Å². The lowest BCUT2D eigenvalue weighted by atomic mass is 9.83. The van der Waals surface area contributed by atoms with E-state index in [1.54, 1.807) is 0 Å². The van der Waals surface area contributed by atoms with Gasteiger partial charge in [0.05, 0.1) is 23.3 Å². The van der Waals surface area contributed by atoms with Crippen molar-refractivity contribution in [1.82, 2.24) is 0 Å². The third-order valence-corrected chi connectivity index (χ3v) is 25.7. The van der Waals surface area contributed by atoms with Crippen molar-refractivity contribution in [3.8, 4) is 104 Å². The van der Waals surface area contributed by atoms with Crippen LogP contribution in [0, 0.1) is 70.0 Å². The zero-order valence-electron chi connectivity index (χ0n) is 72.7. The third kappa shape index (κ3) is 15.3. The lowest BCUT2D eigenvalue weighted by Gasteiger charge is -2.25. The molecule has 134 heavy (non-hydrogen) atoms. The summed E-state index contributed by atoms with van der Waals surface area (Å²) >= 11 is 0. The van der Waals surface area contributed by atoms with Gasteiger partial charge < -0.3 is 9.80 Å². The quantitative estimate of drug-likeness (QED) is 0.101. The molecule has 24 aromatic carbocycles. The normalized spacial score (nSPS) is 11.0. The second-order valence-corrected chi connectivity index (χ2v) is 33.8. The highest BCUT2D eigenvalue weighted by molar-refractivity contribution is 6.31. The first-order valence-corrected chi connectivity index (χ1v) is 44.9. The molecule has 0 heterocycles. The molecule has 24 rings (SSSR count). The summed E-state index contributed by atoms with van der Waals surface area (Å²) in [4.78, 5) is 4.56. The minimum Gasteiger partial charge on any atom is -0.311 e. The lowest BCUT2D eigenvalue weighted by Crippen LogP contribution is -2.09. The first-order chi connectivity index (χ1) is 66.3. The SMILES string of the molecule is C(#Cc1cc(-c2ccc3ccccc3c2)c2ccc3c(-c4ccc5ccccc5c4)cc(C#Cc4ccc(N(c5ccccc5)c5ccccc5)cc4)c4ccc1c2c43)c1ccc(N(c2ccccc2)c2ccccc2)cc1.N#Cc1ccc(C#Cc2cc(-c3ccc4ccccc4c3)c3ccc4c(-c5ccc6ccccc6c5)cc(C#Cc5ccc(C#N)cc5)c5ccc2c3c54)cc1. The largest absolute Gasteiger partial charge is 0.311 e. The summed E-state index contributed by atoms with van der Waals surface area (Å²) in [5.74, 6) is 28.7. The molecular formula is C130H76N4. The van der Waals surface area contributed by atoms with E-state index in [0.29, 0.717) is 11.1 Å². The van der Waals surface area contributed by atoms with Gasteiger partial charge >= 0.3 is 0 Å². The summed E-state index contributed by atoms with van der Waals surface area (Å²) in [5.41, 5.74) is 24.2. The van der Waals surface area contributed by atoms with Crippen LogP contribution in [-0.2, 0) is 0 Å². The molecule has 616 valence electrons. The molecule has 4 nitrogen and oxygen atoms in total. The predicted molar refractivity (Wildman–Crippen MR) is 561 cm³/mol. The highest BCUT2D eigenvalue weighted by atomic mass is 15.1. The molecule has 0 N–H and O–H groups in total. The number of nitrogens with zero attached hydrogens (tertiary/aromatic N) is 4. The standard InChI is InChI=1S/C76H48N2.C54H28N2/c1-5-21-63(22-6-1)77(64-23-7-2-8-24-64)67-41-31-53(32-42-67)29-35-61-51-73(59-39-37-55-17-13-15-19-57(55)49-59)71-47-48-72-74(60-40-38-56-18-14-16-20-58(56)50-60)52-62(70-46-45-69(61)75(71)76(70)72)36-30-54-33-43-68(44-34-54)78(65-25-9-3-10-26-65)66-27-11-4-12-28-66;55-33-37-13-9-35(10-14-37)17-19-45-31-51(43-23-21-39-5-1-3-7-41(39)29-43)49-27-28-50-52(44-24-22-40-6-2-4-8-42(40)30-44)32-46(48-26-25-47(45)53(49)54(48)50)20-18-36-11-15-38(34-56)16-12-36/h1-28,31-34,37-52H;1-16,21-32H. The van der Waals surface area contributed by atoms with Crippen molar-refractivity contribution >= 4 is 142 Å². The molecule has 0 aliphatic rings. The number of fused-ring (bicyclic) bond motifs is 4. The first kappa shape index (κ1) is 79.8. The van der Waals surface area contributed by atoms with E-state index in [-0.39, 0.29) is 0 Å². The molecule has 0 radical (unpaired) electrons. The van der Waals surface area contributed by atoms with Gasteiger partial charge in [0.1, 0.15) is 0 Å². The Labute approximate surface area is 777 Å². The predicted octanol–water partition coefficient (Wildman–Crippen LogP) is 32.7. The van der Waals surface area contributed by atoms with Crippen LogP contribution in [0.5, 0.6) is 0 Å². The van der Waals surface area contributed by atoms with Gasteiger partial charge in [0.25, 0.3) is 0 Å². The Kier molecular flexibility index (Phi) is 20.7. The number of hydrogen-bond donors (Lipinski definition) is 0. The van der Waals surface area contributed by atoms with Crippen LogP contribution >= 0.6 is 0 Å². The molecule has 0 spiro atoms. The van der Waals surface area contributed by atoms with Gasteiger partial charge in [0.2, 0.25) is 0 Å². The first-order valence-electron chi connectivity index (χ1n) is 44.9. The molecule has 0 fully saturated rings. The smallest absolute Gasteiger partial charge is 0.0991 e. The van der Waals surface area contributed by atoms with Gasteiger partial charge in [-0.1, -0.05) is 314 Å². The molecule has 0 saturated heterocycles. The summed E-state index contributed by atoms with van der Waals surface area (Å²) in [6.07, 6.45) is 0. The summed E-state index contributed by atoms with van der Waals surface area (Å²) in [5, 5.41) is 42.0. The Morgan fingerprint density at radius 2 is 0.343 bits per heavy atom. The molecule has 0 bridgehead atoms. The van der Waals surface area contributed by atoms with Crippen molar-refractivity contribution in [2.45, 2.75) is 0 Å². The molecule has 0 aliphatic heterocycles. The molecule has 0 saturated carbocycles. The van der Waals surface area contributed by atoms with E-state index in [1.165, 1.54) is 64.6 Å². The van der Waals surface area contributed by atoms with Crippen molar-refractivity contribution in [1.29, 1.82) is 10.5 Å². The second-order valence-electron chi connectivity index (χ2n) is 33.8. The van der Waals surface area contributed by atoms with E-state index in [0.717, 1.165) is 166 Å². The molecule has 4 heteroatoms. The average molecular weight is 1690 g/mol. The zero-order valence-corrected chi connectivity index (χ0v) is 72.7. The number of rotatable bonds is 10. The van der Waals surface area contributed by atoms with Crippen LogP contribution in [0.2, 0.25) is 0 Å². The van der Waals surface area contributed by atoms with Crippen LogP contribution in [0.3, 0.4) is 0 Å². The number of benzene rings is 24. The van der Waals surface area contributed by atoms with Crippen molar-refractivity contribution in [2.75, 3.05) is 9.80 Å². The van der Waals surface area contributed by atoms with Gasteiger partial charge in [-0.05, 0) is 346 Å². The molecule has 0 amide bonds. The molecule has 0 unspecified atom stereocenters. The zero-order chi connectivity index (χ0) is 89.4. The topological polar surface area (TPSA) is 54.1 Å². The van der Waals surface area contributed by atoms with Crippen LogP contribution in [-0.4, -0.2) is 0 Å². The van der Waals surface area contributed by atoms with Crippen molar-refractivity contribution < 1.29 is 0 Å². The fourth-order valence-corrected chi connectivity index (χ4v) is 19.2. The molecule has 24 aromatic rings. The van der Waals surface area contributed by atoms with E-state index >= 15 is 0 Å². The Hall–Kier alpha value is -18.8. The minimum atomic E-state index is 0.608. The fourth-order valence-electron chi connectivity index (χ4n) is 19.2. The molecule has 0 aromatic heterocycles. The number of anilines is 6. The maximum Gasteiger partial charge on any atom is 0.0991 e. The molecule has 0 atom stereocenters. The van der Waals surface area contributed by atoms with E-state index in [9.17, 15) is 10.5 Å². The van der Waals surface area contributed by atoms with Gasteiger partial charge in [-0.25, -0.2) is 0 Å². The van der Waals surface area contributed by atoms with Crippen molar-refractivity contribution in [2.24, 2.45) is 0 Å². The number of hydrogen-bond acceptors (Lipinski definition) is 4. The third-order valence-electron chi connectivity index (χ3n) is 25.7. The van der Waals surface area contributed by atoms with Crippen LogP contribution < -0.4 is 9.80 Å². The second kappa shape index (κ2) is 34.8. The van der Waals surface area contributed by atoms with Crippen LogP contribution in [0.25, 0.3) is 152 Å². The maximum absolute atomic E-state index is 9.36. The molecular weight excluding hydrogens is 1620 g/mol. The highest BCUT2D eigenvalue weighted by Crippen LogP contribution is 2.49. The monoisotopic (exact) mass is 1690 g/mol. The number of nitriles is 2. The fraction of sp³-hybridized carbons (Fsp3) is 0.